The molecule has 60 heavy (non-hydrogen) atoms. The molecule has 0 unspecified atom stereocenters. The average molecular weight is 810 g/mol. The summed E-state index contributed by atoms with van der Waals surface area (Å²) in [4.78, 5) is 43.9. The first-order chi connectivity index (χ1) is 29.3. The van der Waals surface area contributed by atoms with Crippen molar-refractivity contribution in [2.24, 2.45) is 0 Å². The zero-order chi connectivity index (χ0) is 41.4. The fraction of sp³-hybridized carbons (Fsp3) is 0.312. The lowest BCUT2D eigenvalue weighted by molar-refractivity contribution is -0.253. The van der Waals surface area contributed by atoms with Crippen LogP contribution in [0.5, 0.6) is 0 Å². The van der Waals surface area contributed by atoms with Crippen LogP contribution in [0, 0.1) is 0 Å². The van der Waals surface area contributed by atoms with Gasteiger partial charge in [-0.25, -0.2) is 14.4 Å². The second-order valence-corrected chi connectivity index (χ2v) is 15.6. The number of nitrogens with one attached hydrogen (secondary N) is 3. The first kappa shape index (κ1) is 40.7. The monoisotopic (exact) mass is 809 g/mol. The number of hydrogen-bond acceptors (Lipinski definition) is 8. The summed E-state index contributed by atoms with van der Waals surface area (Å²) >= 11 is 0. The number of aliphatic hydroxyl groups is 1. The number of carbonyl (C=O) groups is 2. The normalized spacial score (nSPS) is 19.1. The van der Waals surface area contributed by atoms with Gasteiger partial charge in [-0.1, -0.05) is 115 Å². The van der Waals surface area contributed by atoms with E-state index >= 15 is 0 Å². The summed E-state index contributed by atoms with van der Waals surface area (Å²) in [6, 6.07) is 40.1. The summed E-state index contributed by atoms with van der Waals surface area (Å²) in [5.74, 6) is -0.515. The second kappa shape index (κ2) is 18.9. The van der Waals surface area contributed by atoms with Crippen molar-refractivity contribution in [1.29, 1.82) is 0 Å². The summed E-state index contributed by atoms with van der Waals surface area (Å²) in [5, 5.41) is 15.4. The smallest absolute Gasteiger partial charge is 0.328 e. The van der Waals surface area contributed by atoms with Gasteiger partial charge in [0.25, 0.3) is 0 Å². The minimum absolute atomic E-state index is 0.0237. The van der Waals surface area contributed by atoms with E-state index in [-0.39, 0.29) is 37.1 Å². The molecular formula is C48H51N5O7. The number of rotatable bonds is 13. The molecule has 0 radical (unpaired) electrons. The number of para-hydroxylation sites is 2. The molecule has 12 nitrogen and oxygen atoms in total. The highest BCUT2D eigenvalue weighted by Crippen LogP contribution is 2.39. The molecule has 2 aliphatic rings. The van der Waals surface area contributed by atoms with Crippen LogP contribution in [0.25, 0.3) is 22.2 Å². The molecule has 0 aliphatic carbocycles. The molecule has 2 aliphatic heterocycles. The summed E-state index contributed by atoms with van der Waals surface area (Å²) in [7, 11) is 1.31. The van der Waals surface area contributed by atoms with E-state index in [4.69, 9.17) is 14.2 Å². The van der Waals surface area contributed by atoms with Gasteiger partial charge in [0.1, 0.15) is 6.04 Å². The maximum Gasteiger partial charge on any atom is 0.328 e. The molecule has 4 N–H and O–H groups in total. The number of nitrogens with zero attached hydrogens (tertiary/aromatic N) is 2. The van der Waals surface area contributed by atoms with Crippen LogP contribution < -0.4 is 16.3 Å². The molecule has 310 valence electrons. The van der Waals surface area contributed by atoms with Crippen LogP contribution in [-0.4, -0.2) is 70.4 Å². The van der Waals surface area contributed by atoms with Crippen LogP contribution in [0.3, 0.4) is 0 Å². The molecule has 8 rings (SSSR count). The number of aromatic amines is 1. The van der Waals surface area contributed by atoms with Gasteiger partial charge in [0.2, 0.25) is 0 Å². The Bertz CT molecular complexity index is 2420. The van der Waals surface area contributed by atoms with Crippen LogP contribution in [0.4, 0.5) is 4.79 Å². The zero-order valence-corrected chi connectivity index (χ0v) is 33.7. The number of hydrogen-bond donors (Lipinski definition) is 4. The second-order valence-electron chi connectivity index (χ2n) is 15.6. The first-order valence-corrected chi connectivity index (χ1v) is 20.6. The predicted molar refractivity (Wildman–Crippen MR) is 229 cm³/mol. The third-order valence-electron chi connectivity index (χ3n) is 11.6. The minimum Gasteiger partial charge on any atom is -0.467 e. The lowest BCUT2D eigenvalue weighted by atomic mass is 9.97. The summed E-state index contributed by atoms with van der Waals surface area (Å²) in [6.45, 7) is 2.65. The Kier molecular flexibility index (Phi) is 12.8. The van der Waals surface area contributed by atoms with E-state index in [1.807, 2.05) is 132 Å². The fourth-order valence-electron chi connectivity index (χ4n) is 8.46. The van der Waals surface area contributed by atoms with Crippen molar-refractivity contribution in [2.45, 2.75) is 69.4 Å². The van der Waals surface area contributed by atoms with Crippen molar-refractivity contribution in [3.8, 4) is 11.1 Å². The number of methoxy groups -OCH3 is 1. The van der Waals surface area contributed by atoms with Gasteiger partial charge in [-0.05, 0) is 58.4 Å². The van der Waals surface area contributed by atoms with Gasteiger partial charge in [0, 0.05) is 50.6 Å². The van der Waals surface area contributed by atoms with Gasteiger partial charge < -0.3 is 39.8 Å². The quantitative estimate of drug-likeness (QED) is 0.0917. The molecule has 3 heterocycles. The van der Waals surface area contributed by atoms with E-state index in [9.17, 15) is 19.5 Å². The number of carbonyl (C=O) groups excluding carboxylic acids is 2. The van der Waals surface area contributed by atoms with Gasteiger partial charge in [0.15, 0.2) is 6.29 Å². The molecule has 12 heteroatoms. The number of esters is 1. The highest BCUT2D eigenvalue weighted by atomic mass is 16.7. The number of ether oxygens (including phenoxy) is 3. The number of benzene rings is 5. The maximum atomic E-state index is 13.1. The number of imidazole rings is 1. The number of likely N-dealkylation sites (tertiary alicyclic amines) is 1. The largest absolute Gasteiger partial charge is 0.467 e. The molecule has 1 aromatic heterocycles. The number of fused-ring (bicyclic) bond motifs is 1. The van der Waals surface area contributed by atoms with Crippen molar-refractivity contribution in [3.63, 3.8) is 0 Å². The van der Waals surface area contributed by atoms with E-state index in [0.717, 1.165) is 82.5 Å². The highest BCUT2D eigenvalue weighted by molar-refractivity contribution is 5.84. The van der Waals surface area contributed by atoms with E-state index in [1.165, 1.54) is 7.11 Å². The molecular weight excluding hydrogens is 759 g/mol. The SMILES string of the molecule is COC(=O)[C@H](Cc1ccccc1)NC(=O)NCc1ccccc1-c1ccc([C@@H]2O[C@H](CN3CCC(n4c(=O)[nH]c5ccccc54)CC3)C[C@H](c3ccc(CO)cc3)O2)cc1. The molecule has 2 fully saturated rings. The molecule has 0 bridgehead atoms. The molecule has 5 aromatic carbocycles. The Labute approximate surface area is 349 Å². The lowest BCUT2D eigenvalue weighted by Gasteiger charge is -2.40. The van der Waals surface area contributed by atoms with Crippen molar-refractivity contribution in [3.05, 3.63) is 166 Å². The summed E-state index contributed by atoms with van der Waals surface area (Å²) in [6.07, 6.45) is 1.79. The number of H-pyrrole nitrogens is 1. The Morgan fingerprint density at radius 1 is 0.833 bits per heavy atom. The topological polar surface area (TPSA) is 147 Å². The highest BCUT2D eigenvalue weighted by Gasteiger charge is 2.34. The fourth-order valence-corrected chi connectivity index (χ4v) is 8.46. The Morgan fingerprint density at radius 2 is 1.53 bits per heavy atom. The van der Waals surface area contributed by atoms with Gasteiger partial charge in [-0.2, -0.15) is 0 Å². The lowest BCUT2D eigenvalue weighted by Crippen LogP contribution is -2.47. The van der Waals surface area contributed by atoms with Gasteiger partial charge in [0.05, 0.1) is 37.0 Å². The van der Waals surface area contributed by atoms with Crippen LogP contribution in [0.1, 0.15) is 65.5 Å². The maximum absolute atomic E-state index is 13.1. The molecule has 2 amide bonds. The molecule has 0 saturated carbocycles. The third kappa shape index (κ3) is 9.53. The van der Waals surface area contributed by atoms with Crippen molar-refractivity contribution in [1.82, 2.24) is 25.1 Å². The average Bonchev–Trinajstić information content (AvgIpc) is 3.64. The number of amides is 2. The molecule has 2 saturated heterocycles. The van der Waals surface area contributed by atoms with Gasteiger partial charge in [-0.3, -0.25) is 4.57 Å². The number of urea groups is 1. The molecule has 0 spiro atoms. The van der Waals surface area contributed by atoms with Gasteiger partial charge >= 0.3 is 17.7 Å². The van der Waals surface area contributed by atoms with E-state index in [2.05, 4.69) is 20.5 Å². The van der Waals surface area contributed by atoms with Crippen LogP contribution >= 0.6 is 0 Å². The first-order valence-electron chi connectivity index (χ1n) is 20.6. The van der Waals surface area contributed by atoms with E-state index in [1.54, 1.807) is 0 Å². The number of aliphatic hydroxyl groups excluding tert-OH is 1. The van der Waals surface area contributed by atoms with Crippen LogP contribution in [-0.2, 0) is 38.6 Å². The van der Waals surface area contributed by atoms with Crippen molar-refractivity contribution < 1.29 is 28.9 Å². The Morgan fingerprint density at radius 3 is 2.28 bits per heavy atom. The minimum atomic E-state index is -0.834. The summed E-state index contributed by atoms with van der Waals surface area (Å²) < 4.78 is 20.3. The van der Waals surface area contributed by atoms with E-state index < -0.39 is 24.3 Å². The summed E-state index contributed by atoms with van der Waals surface area (Å²) in [5.41, 5.74) is 8.27. The standard InChI is InChI=1S/C48H51N5O7/c1-58-45(55)42(27-32-9-3-2-4-10-32)50-47(56)49-29-37-11-5-6-12-40(37)34-19-21-36(22-20-34)46-59-39(28-44(60-46)35-17-15-33(31-54)16-18-35)30-52-25-23-38(24-26-52)53-43-14-8-7-13-41(43)51-48(53)57/h2-22,38-39,42,44,46,54H,23-31H2,1H3,(H,51,57)(H2,49,50,56)/t39-,42-,44+,46+/m0/s1. The van der Waals surface area contributed by atoms with Crippen molar-refractivity contribution in [2.75, 3.05) is 26.7 Å². The number of piperidine rings is 1. The predicted octanol–water partition coefficient (Wildman–Crippen LogP) is 6.95. The Balaban J connectivity index is 0.936. The Hall–Kier alpha value is -6.05. The zero-order valence-electron chi connectivity index (χ0n) is 33.7. The van der Waals surface area contributed by atoms with Crippen LogP contribution in [0.15, 0.2) is 132 Å². The number of aromatic nitrogens is 2. The molecule has 4 atom stereocenters. The van der Waals surface area contributed by atoms with Crippen LogP contribution in [0.2, 0.25) is 0 Å². The van der Waals surface area contributed by atoms with Crippen molar-refractivity contribution >= 4 is 23.0 Å². The molecule has 6 aromatic rings. The third-order valence-corrected chi connectivity index (χ3v) is 11.6. The van der Waals surface area contributed by atoms with E-state index in [0.29, 0.717) is 12.8 Å². The van der Waals surface area contributed by atoms with Gasteiger partial charge in [-0.15, -0.1) is 0 Å².